The molecule has 104 valence electrons. The number of carbonyl (C=O) groups is 1. The lowest BCUT2D eigenvalue weighted by molar-refractivity contribution is -0.154. The summed E-state index contributed by atoms with van der Waals surface area (Å²) in [4.78, 5) is 12.1. The van der Waals surface area contributed by atoms with Gasteiger partial charge in [0, 0.05) is 0 Å². The zero-order valence-electron chi connectivity index (χ0n) is 12.0. The van der Waals surface area contributed by atoms with Crippen molar-refractivity contribution in [2.75, 3.05) is 0 Å². The lowest BCUT2D eigenvalue weighted by Gasteiger charge is -2.30. The van der Waals surface area contributed by atoms with Crippen LogP contribution >= 0.6 is 0 Å². The van der Waals surface area contributed by atoms with Crippen LogP contribution in [0, 0.1) is 5.41 Å². The Morgan fingerprint density at radius 1 is 1.37 bits per heavy atom. The number of esters is 1. The molecule has 2 atom stereocenters. The van der Waals surface area contributed by atoms with Crippen LogP contribution in [-0.2, 0) is 16.0 Å². The predicted octanol–water partition coefficient (Wildman–Crippen LogP) is 2.98. The summed E-state index contributed by atoms with van der Waals surface area (Å²) in [6, 6.07) is 7.61. The maximum Gasteiger partial charge on any atom is 0.324 e. The molecule has 0 bridgehead atoms. The van der Waals surface area contributed by atoms with Crippen LogP contribution in [0.5, 0.6) is 0 Å². The van der Waals surface area contributed by atoms with Crippen molar-refractivity contribution >= 4 is 5.97 Å². The Balaban J connectivity index is 2.11. The minimum atomic E-state index is -0.582. The van der Waals surface area contributed by atoms with Crippen molar-refractivity contribution in [3.8, 4) is 0 Å². The van der Waals surface area contributed by atoms with E-state index < -0.39 is 6.04 Å². The van der Waals surface area contributed by atoms with Gasteiger partial charge < -0.3 is 10.5 Å². The van der Waals surface area contributed by atoms with Gasteiger partial charge >= 0.3 is 5.97 Å². The van der Waals surface area contributed by atoms with Gasteiger partial charge in [-0.15, -0.1) is 0 Å². The van der Waals surface area contributed by atoms with Gasteiger partial charge in [-0.2, -0.15) is 0 Å². The fourth-order valence-corrected chi connectivity index (χ4v) is 2.40. The van der Waals surface area contributed by atoms with Crippen LogP contribution in [-0.4, -0.2) is 12.0 Å². The van der Waals surface area contributed by atoms with Crippen molar-refractivity contribution in [1.82, 2.24) is 0 Å². The topological polar surface area (TPSA) is 52.3 Å². The third-order valence-corrected chi connectivity index (χ3v) is 3.76. The van der Waals surface area contributed by atoms with Crippen LogP contribution in [0.15, 0.2) is 24.3 Å². The van der Waals surface area contributed by atoms with Crippen LogP contribution in [0.2, 0.25) is 0 Å². The first kappa shape index (κ1) is 14.1. The van der Waals surface area contributed by atoms with Gasteiger partial charge in [0.25, 0.3) is 0 Å². The molecule has 1 unspecified atom stereocenters. The molecule has 2 rings (SSSR count). The number of fused-ring (bicyclic) bond motifs is 1. The molecule has 0 aromatic heterocycles. The summed E-state index contributed by atoms with van der Waals surface area (Å²) < 4.78 is 5.64. The molecular formula is C16H23NO2. The lowest BCUT2D eigenvalue weighted by Crippen LogP contribution is -2.43. The number of hydrogen-bond acceptors (Lipinski definition) is 3. The van der Waals surface area contributed by atoms with E-state index >= 15 is 0 Å². The van der Waals surface area contributed by atoms with E-state index in [0.717, 1.165) is 24.8 Å². The molecule has 0 spiro atoms. The van der Waals surface area contributed by atoms with Crippen molar-refractivity contribution in [1.29, 1.82) is 0 Å². The molecule has 1 aliphatic carbocycles. The largest absolute Gasteiger partial charge is 0.456 e. The van der Waals surface area contributed by atoms with Crippen molar-refractivity contribution in [2.45, 2.75) is 52.2 Å². The molecule has 1 aromatic rings. The Morgan fingerprint density at radius 2 is 2.05 bits per heavy atom. The first-order valence-electron chi connectivity index (χ1n) is 6.93. The van der Waals surface area contributed by atoms with Gasteiger partial charge in [-0.1, -0.05) is 45.0 Å². The molecule has 0 aliphatic heterocycles. The second-order valence-electron chi connectivity index (χ2n) is 6.36. The van der Waals surface area contributed by atoms with Crippen LogP contribution < -0.4 is 5.73 Å². The molecule has 2 N–H and O–H groups in total. The minimum Gasteiger partial charge on any atom is -0.456 e. The maximum absolute atomic E-state index is 12.1. The maximum atomic E-state index is 12.1. The normalized spacial score (nSPS) is 20.5. The highest BCUT2D eigenvalue weighted by atomic mass is 16.5. The van der Waals surface area contributed by atoms with Crippen LogP contribution in [0.25, 0.3) is 0 Å². The molecule has 0 fully saturated rings. The summed E-state index contributed by atoms with van der Waals surface area (Å²) >= 11 is 0. The molecule has 3 nitrogen and oxygen atoms in total. The zero-order valence-corrected chi connectivity index (χ0v) is 12.0. The van der Waals surface area contributed by atoms with Crippen LogP contribution in [0.4, 0.5) is 0 Å². The fraction of sp³-hybridized carbons (Fsp3) is 0.562. The van der Waals surface area contributed by atoms with Gasteiger partial charge in [0.1, 0.15) is 12.1 Å². The highest BCUT2D eigenvalue weighted by Gasteiger charge is 2.32. The summed E-state index contributed by atoms with van der Waals surface area (Å²) in [5, 5.41) is 0. The van der Waals surface area contributed by atoms with E-state index in [4.69, 9.17) is 10.5 Å². The minimum absolute atomic E-state index is 0.133. The third-order valence-electron chi connectivity index (χ3n) is 3.76. The van der Waals surface area contributed by atoms with E-state index in [1.807, 2.05) is 32.9 Å². The Hall–Kier alpha value is -1.35. The Bertz CT molecular complexity index is 462. The Labute approximate surface area is 115 Å². The second-order valence-corrected chi connectivity index (χ2v) is 6.36. The number of carbonyl (C=O) groups excluding carboxylic acids is 1. The third kappa shape index (κ3) is 3.16. The van der Waals surface area contributed by atoms with E-state index in [9.17, 15) is 4.79 Å². The van der Waals surface area contributed by atoms with Crippen molar-refractivity contribution in [3.05, 3.63) is 35.4 Å². The van der Waals surface area contributed by atoms with Gasteiger partial charge in [0.05, 0.1) is 0 Å². The second kappa shape index (κ2) is 5.33. The average molecular weight is 261 g/mol. The van der Waals surface area contributed by atoms with Gasteiger partial charge in [0.15, 0.2) is 0 Å². The van der Waals surface area contributed by atoms with Crippen LogP contribution in [0.3, 0.4) is 0 Å². The summed E-state index contributed by atoms with van der Waals surface area (Å²) in [5.74, 6) is -0.297. The number of aryl methyl sites for hydroxylation is 1. The molecule has 0 radical (unpaired) electrons. The van der Waals surface area contributed by atoms with Gasteiger partial charge in [-0.3, -0.25) is 4.79 Å². The van der Waals surface area contributed by atoms with Crippen molar-refractivity contribution in [3.63, 3.8) is 0 Å². The number of benzene rings is 1. The lowest BCUT2D eigenvalue weighted by atomic mass is 9.87. The van der Waals surface area contributed by atoms with E-state index in [1.165, 1.54) is 5.56 Å². The Kier molecular flexibility index (Phi) is 3.95. The molecule has 1 aromatic carbocycles. The molecule has 0 heterocycles. The molecule has 0 amide bonds. The monoisotopic (exact) mass is 261 g/mol. The Morgan fingerprint density at radius 3 is 2.74 bits per heavy atom. The standard InChI is InChI=1S/C16H23NO2/c1-16(2,3)14(17)15(18)19-13-10-6-8-11-7-4-5-9-12(11)13/h4-5,7,9,13-14H,6,8,10,17H2,1-3H3/t13?,14-/m1/s1. The van der Waals surface area contributed by atoms with Crippen LogP contribution in [0.1, 0.15) is 50.8 Å². The molecule has 3 heteroatoms. The number of rotatable bonds is 2. The molecule has 0 saturated carbocycles. The molecular weight excluding hydrogens is 238 g/mol. The first-order valence-corrected chi connectivity index (χ1v) is 6.93. The van der Waals surface area contributed by atoms with E-state index in [1.54, 1.807) is 0 Å². The highest BCUT2D eigenvalue weighted by molar-refractivity contribution is 5.76. The van der Waals surface area contributed by atoms with Gasteiger partial charge in [-0.25, -0.2) is 0 Å². The van der Waals surface area contributed by atoms with E-state index in [2.05, 4.69) is 12.1 Å². The highest BCUT2D eigenvalue weighted by Crippen LogP contribution is 2.33. The average Bonchev–Trinajstić information content (AvgIpc) is 2.37. The van der Waals surface area contributed by atoms with E-state index in [0.29, 0.717) is 0 Å². The number of nitrogens with two attached hydrogens (primary N) is 1. The van der Waals surface area contributed by atoms with Gasteiger partial charge in [-0.05, 0) is 35.8 Å². The molecule has 0 saturated heterocycles. The summed E-state index contributed by atoms with van der Waals surface area (Å²) in [7, 11) is 0. The summed E-state index contributed by atoms with van der Waals surface area (Å²) in [6.07, 6.45) is 2.88. The van der Waals surface area contributed by atoms with Gasteiger partial charge in [0.2, 0.25) is 0 Å². The first-order chi connectivity index (χ1) is 8.89. The summed E-state index contributed by atoms with van der Waals surface area (Å²) in [6.45, 7) is 5.86. The zero-order chi connectivity index (χ0) is 14.0. The SMILES string of the molecule is CC(C)(C)[C@H](N)C(=O)OC1CCCc2ccccc21. The molecule has 1 aliphatic rings. The number of hydrogen-bond donors (Lipinski definition) is 1. The van der Waals surface area contributed by atoms with Crippen molar-refractivity contribution in [2.24, 2.45) is 11.1 Å². The fourth-order valence-electron chi connectivity index (χ4n) is 2.40. The quantitative estimate of drug-likeness (QED) is 0.833. The number of ether oxygens (including phenoxy) is 1. The molecule has 19 heavy (non-hydrogen) atoms. The summed E-state index contributed by atoms with van der Waals surface area (Å²) in [5.41, 5.74) is 8.11. The smallest absolute Gasteiger partial charge is 0.324 e. The van der Waals surface area contributed by atoms with Crippen molar-refractivity contribution < 1.29 is 9.53 Å². The van der Waals surface area contributed by atoms with E-state index in [-0.39, 0.29) is 17.5 Å². The predicted molar refractivity (Wildman–Crippen MR) is 75.6 cm³/mol.